The zero-order valence-corrected chi connectivity index (χ0v) is 8.04. The Bertz CT molecular complexity index is 377. The smallest absolute Gasteiger partial charge is 0.270 e. The van der Waals surface area contributed by atoms with Gasteiger partial charge in [-0.05, 0) is 24.6 Å². The van der Waals surface area contributed by atoms with Gasteiger partial charge in [0.05, 0.1) is 0 Å². The van der Waals surface area contributed by atoms with Crippen LogP contribution in [0.2, 0.25) is 0 Å². The van der Waals surface area contributed by atoms with Crippen molar-refractivity contribution >= 4 is 0 Å². The van der Waals surface area contributed by atoms with Crippen LogP contribution in [0.15, 0.2) is 18.2 Å². The topological polar surface area (TPSA) is 38.7 Å². The molecule has 82 valence electrons. The molecule has 15 heavy (non-hydrogen) atoms. The lowest BCUT2D eigenvalue weighted by Crippen LogP contribution is -2.30. The fourth-order valence-electron chi connectivity index (χ4n) is 1.34. The summed E-state index contributed by atoms with van der Waals surface area (Å²) >= 11 is 0. The van der Waals surface area contributed by atoms with E-state index in [2.05, 4.69) is 0 Å². The molecule has 0 fully saturated rings. The van der Waals surface area contributed by atoms with Gasteiger partial charge in [0.25, 0.3) is 6.43 Å². The first-order valence-corrected chi connectivity index (χ1v) is 4.42. The second kappa shape index (κ2) is 3.34. The van der Waals surface area contributed by atoms with Crippen molar-refractivity contribution in [1.82, 2.24) is 0 Å². The number of aliphatic hydroxyl groups is 1. The van der Waals surface area contributed by atoms with E-state index in [0.717, 1.165) is 6.92 Å². The van der Waals surface area contributed by atoms with E-state index in [4.69, 9.17) is 9.47 Å². The Morgan fingerprint density at radius 1 is 1.33 bits per heavy atom. The molecule has 1 aliphatic rings. The monoisotopic (exact) mass is 216 g/mol. The Hall–Kier alpha value is -1.36. The van der Waals surface area contributed by atoms with E-state index in [9.17, 15) is 13.9 Å². The number of benzene rings is 1. The van der Waals surface area contributed by atoms with Crippen LogP contribution in [0.5, 0.6) is 11.5 Å². The van der Waals surface area contributed by atoms with Crippen molar-refractivity contribution in [3.8, 4) is 11.5 Å². The summed E-state index contributed by atoms with van der Waals surface area (Å²) in [5.41, 5.74) is -2.05. The summed E-state index contributed by atoms with van der Waals surface area (Å²) in [4.78, 5) is 0. The van der Waals surface area contributed by atoms with Crippen LogP contribution in [0, 0.1) is 0 Å². The number of ether oxygens (including phenoxy) is 2. The average Bonchev–Trinajstić information content (AvgIpc) is 2.63. The second-order valence-electron chi connectivity index (χ2n) is 3.52. The van der Waals surface area contributed by atoms with Gasteiger partial charge in [0, 0.05) is 0 Å². The molecule has 1 heterocycles. The molecule has 0 amide bonds. The summed E-state index contributed by atoms with van der Waals surface area (Å²) in [5, 5.41) is 9.55. The van der Waals surface area contributed by atoms with Gasteiger partial charge >= 0.3 is 0 Å². The van der Waals surface area contributed by atoms with Crippen molar-refractivity contribution in [1.29, 1.82) is 0 Å². The zero-order valence-electron chi connectivity index (χ0n) is 8.04. The molecule has 1 aromatic rings. The van der Waals surface area contributed by atoms with E-state index in [1.165, 1.54) is 18.2 Å². The van der Waals surface area contributed by atoms with Crippen LogP contribution in [0.3, 0.4) is 0 Å². The van der Waals surface area contributed by atoms with E-state index in [0.29, 0.717) is 11.5 Å². The summed E-state index contributed by atoms with van der Waals surface area (Å²) in [6.07, 6.45) is -2.85. The fourth-order valence-corrected chi connectivity index (χ4v) is 1.34. The van der Waals surface area contributed by atoms with Gasteiger partial charge in [-0.15, -0.1) is 0 Å². The summed E-state index contributed by atoms with van der Waals surface area (Å²) in [6, 6.07) is 4.28. The molecule has 1 atom stereocenters. The minimum absolute atomic E-state index is 0.0790. The van der Waals surface area contributed by atoms with Gasteiger partial charge in [-0.2, -0.15) is 0 Å². The SMILES string of the molecule is CC(O)(c1ccc2c(c1)OCO2)C(F)F. The highest BCUT2D eigenvalue weighted by molar-refractivity contribution is 5.46. The number of alkyl halides is 2. The lowest BCUT2D eigenvalue weighted by atomic mass is 9.96. The van der Waals surface area contributed by atoms with Crippen LogP contribution < -0.4 is 9.47 Å². The van der Waals surface area contributed by atoms with Gasteiger partial charge in [-0.3, -0.25) is 0 Å². The predicted octanol–water partition coefficient (Wildman–Crippen LogP) is 1.89. The molecular formula is C10H10F2O3. The number of rotatable bonds is 2. The molecule has 0 aromatic heterocycles. The molecule has 0 spiro atoms. The summed E-state index contributed by atoms with van der Waals surface area (Å²) in [5.74, 6) is 0.886. The van der Waals surface area contributed by atoms with Gasteiger partial charge in [0.1, 0.15) is 5.60 Å². The average molecular weight is 216 g/mol. The minimum atomic E-state index is -2.85. The van der Waals surface area contributed by atoms with Crippen molar-refractivity contribution in [2.75, 3.05) is 6.79 Å². The molecule has 0 radical (unpaired) electrons. The summed E-state index contributed by atoms with van der Waals surface area (Å²) < 4.78 is 35.1. The molecule has 0 bridgehead atoms. The Balaban J connectivity index is 2.38. The molecule has 5 heteroatoms. The normalized spacial score (nSPS) is 17.9. The fraction of sp³-hybridized carbons (Fsp3) is 0.400. The van der Waals surface area contributed by atoms with Gasteiger partial charge in [0.2, 0.25) is 6.79 Å². The third-order valence-corrected chi connectivity index (χ3v) is 2.38. The third-order valence-electron chi connectivity index (χ3n) is 2.38. The molecule has 0 aliphatic carbocycles. The van der Waals surface area contributed by atoms with Crippen LogP contribution in [-0.2, 0) is 5.60 Å². The molecule has 1 aliphatic heterocycles. The van der Waals surface area contributed by atoms with E-state index < -0.39 is 12.0 Å². The molecule has 2 rings (SSSR count). The Morgan fingerprint density at radius 2 is 2.00 bits per heavy atom. The molecule has 1 aromatic carbocycles. The highest BCUT2D eigenvalue weighted by atomic mass is 19.3. The van der Waals surface area contributed by atoms with Crippen LogP contribution >= 0.6 is 0 Å². The zero-order chi connectivity index (χ0) is 11.1. The van der Waals surface area contributed by atoms with Crippen molar-refractivity contribution in [2.45, 2.75) is 19.0 Å². The van der Waals surface area contributed by atoms with Crippen molar-refractivity contribution in [3.05, 3.63) is 23.8 Å². The van der Waals surface area contributed by atoms with Crippen LogP contribution in [-0.4, -0.2) is 18.3 Å². The Morgan fingerprint density at radius 3 is 2.67 bits per heavy atom. The maximum Gasteiger partial charge on any atom is 0.270 e. The second-order valence-corrected chi connectivity index (χ2v) is 3.52. The summed E-state index contributed by atoms with van der Waals surface area (Å²) in [6.45, 7) is 1.14. The first-order valence-electron chi connectivity index (χ1n) is 4.42. The van der Waals surface area contributed by atoms with Gasteiger partial charge in [-0.25, -0.2) is 8.78 Å². The van der Waals surface area contributed by atoms with E-state index in [1.807, 2.05) is 0 Å². The maximum atomic E-state index is 12.5. The molecule has 0 saturated carbocycles. The quantitative estimate of drug-likeness (QED) is 0.820. The number of hydrogen-bond donors (Lipinski definition) is 1. The molecule has 0 saturated heterocycles. The minimum Gasteiger partial charge on any atom is -0.454 e. The van der Waals surface area contributed by atoms with Gasteiger partial charge in [0.15, 0.2) is 11.5 Å². The summed E-state index contributed by atoms with van der Waals surface area (Å²) in [7, 11) is 0. The maximum absolute atomic E-state index is 12.5. The number of fused-ring (bicyclic) bond motifs is 1. The Kier molecular flexibility index (Phi) is 2.26. The largest absolute Gasteiger partial charge is 0.454 e. The molecule has 3 nitrogen and oxygen atoms in total. The van der Waals surface area contributed by atoms with Gasteiger partial charge in [-0.1, -0.05) is 6.07 Å². The van der Waals surface area contributed by atoms with Crippen LogP contribution in [0.4, 0.5) is 8.78 Å². The first kappa shape index (κ1) is 10.2. The van der Waals surface area contributed by atoms with Crippen LogP contribution in [0.1, 0.15) is 12.5 Å². The molecule has 1 unspecified atom stereocenters. The molecular weight excluding hydrogens is 206 g/mol. The number of hydrogen-bond acceptors (Lipinski definition) is 3. The van der Waals surface area contributed by atoms with E-state index in [-0.39, 0.29) is 12.4 Å². The van der Waals surface area contributed by atoms with Gasteiger partial charge < -0.3 is 14.6 Å². The third kappa shape index (κ3) is 1.63. The highest BCUT2D eigenvalue weighted by Crippen LogP contribution is 2.37. The first-order chi connectivity index (χ1) is 7.01. The molecule has 1 N–H and O–H groups in total. The van der Waals surface area contributed by atoms with E-state index >= 15 is 0 Å². The standard InChI is InChI=1S/C10H10F2O3/c1-10(13,9(11)12)6-2-3-7-8(4-6)15-5-14-7/h2-4,9,13H,5H2,1H3. The van der Waals surface area contributed by atoms with Crippen molar-refractivity contribution in [3.63, 3.8) is 0 Å². The van der Waals surface area contributed by atoms with Crippen LogP contribution in [0.25, 0.3) is 0 Å². The Labute approximate surface area is 85.2 Å². The predicted molar refractivity (Wildman–Crippen MR) is 48.1 cm³/mol. The highest BCUT2D eigenvalue weighted by Gasteiger charge is 2.35. The van der Waals surface area contributed by atoms with E-state index in [1.54, 1.807) is 0 Å². The van der Waals surface area contributed by atoms with Crippen molar-refractivity contribution in [2.24, 2.45) is 0 Å². The number of halogens is 2. The lowest BCUT2D eigenvalue weighted by Gasteiger charge is -2.22. The van der Waals surface area contributed by atoms with Crippen molar-refractivity contribution < 1.29 is 23.4 Å². The lowest BCUT2D eigenvalue weighted by molar-refractivity contribution is -0.0883.